The molecule has 2 aromatic carbocycles. The van der Waals surface area contributed by atoms with Gasteiger partial charge in [0.15, 0.2) is 11.0 Å². The number of aromatic nitrogens is 3. The van der Waals surface area contributed by atoms with Gasteiger partial charge in [-0.2, -0.15) is 0 Å². The van der Waals surface area contributed by atoms with Gasteiger partial charge in [0.1, 0.15) is 0 Å². The molecule has 0 aliphatic rings. The predicted octanol–water partition coefficient (Wildman–Crippen LogP) is 6.05. The van der Waals surface area contributed by atoms with Crippen molar-refractivity contribution in [2.45, 2.75) is 38.5 Å². The number of anilines is 1. The minimum Gasteiger partial charge on any atom is -0.342 e. The number of halogens is 2. The second kappa shape index (κ2) is 12.4. The summed E-state index contributed by atoms with van der Waals surface area (Å²) < 4.78 is 2.82. The fourth-order valence-electron chi connectivity index (χ4n) is 3.41. The Morgan fingerprint density at radius 3 is 2.63 bits per heavy atom. The molecule has 0 fully saturated rings. The Balaban J connectivity index is 1.76. The number of hydrogen-bond donors (Lipinski definition) is 2. The minimum absolute atomic E-state index is 0.0238. The first-order valence-electron chi connectivity index (χ1n) is 11.0. The van der Waals surface area contributed by atoms with Crippen LogP contribution in [0.15, 0.2) is 64.7 Å². The fraction of sp³-hybridized carbons (Fsp3) is 0.280. The number of amides is 2. The molecule has 1 heterocycles. The van der Waals surface area contributed by atoms with Crippen LogP contribution in [0, 0.1) is 12.8 Å². The first-order valence-corrected chi connectivity index (χ1v) is 13.1. The second-order valence-electron chi connectivity index (χ2n) is 8.21. The maximum absolute atomic E-state index is 12.9. The zero-order chi connectivity index (χ0) is 25.5. The van der Waals surface area contributed by atoms with E-state index in [1.807, 2.05) is 43.5 Å². The minimum atomic E-state index is -0.417. The molecule has 2 amide bonds. The SMILES string of the molecule is C=CCn1c(SCC(=O)Nc2ccc(Br)cc2C)nnc1[C@H](NC(=O)c1ccccc1Cl)C(C)C. The molecule has 0 radical (unpaired) electrons. The van der Waals surface area contributed by atoms with Crippen LogP contribution in [0.4, 0.5) is 5.69 Å². The fourth-order valence-corrected chi connectivity index (χ4v) is 4.87. The number of thioether (sulfide) groups is 1. The normalized spacial score (nSPS) is 11.8. The van der Waals surface area contributed by atoms with E-state index in [0.29, 0.717) is 28.1 Å². The van der Waals surface area contributed by atoms with Gasteiger partial charge in [-0.15, -0.1) is 16.8 Å². The quantitative estimate of drug-likeness (QED) is 0.227. The van der Waals surface area contributed by atoms with E-state index in [1.165, 1.54) is 11.8 Å². The number of carbonyl (C=O) groups is 2. The first kappa shape index (κ1) is 27.0. The van der Waals surface area contributed by atoms with Crippen molar-refractivity contribution in [2.24, 2.45) is 5.92 Å². The largest absolute Gasteiger partial charge is 0.342 e. The Bertz CT molecular complexity index is 1230. The molecule has 2 N–H and O–H groups in total. The van der Waals surface area contributed by atoms with E-state index in [0.717, 1.165) is 15.7 Å². The summed E-state index contributed by atoms with van der Waals surface area (Å²) in [5.74, 6) is 0.328. The van der Waals surface area contributed by atoms with Gasteiger partial charge in [0.2, 0.25) is 5.91 Å². The van der Waals surface area contributed by atoms with Gasteiger partial charge in [-0.1, -0.05) is 71.3 Å². The van der Waals surface area contributed by atoms with Crippen LogP contribution < -0.4 is 10.6 Å². The highest BCUT2D eigenvalue weighted by molar-refractivity contribution is 9.10. The summed E-state index contributed by atoms with van der Waals surface area (Å²) in [6.07, 6.45) is 1.73. The average Bonchev–Trinajstić information content (AvgIpc) is 3.20. The molecular formula is C25H27BrClN5O2S. The summed E-state index contributed by atoms with van der Waals surface area (Å²) in [6.45, 7) is 10.2. The van der Waals surface area contributed by atoms with E-state index in [9.17, 15) is 9.59 Å². The Morgan fingerprint density at radius 2 is 1.97 bits per heavy atom. The summed E-state index contributed by atoms with van der Waals surface area (Å²) in [5, 5.41) is 15.6. The summed E-state index contributed by atoms with van der Waals surface area (Å²) in [4.78, 5) is 25.5. The number of rotatable bonds is 10. The van der Waals surface area contributed by atoms with Crippen molar-refractivity contribution in [1.29, 1.82) is 0 Å². The molecular weight excluding hydrogens is 550 g/mol. The zero-order valence-electron chi connectivity index (χ0n) is 19.7. The van der Waals surface area contributed by atoms with Crippen LogP contribution in [-0.4, -0.2) is 32.3 Å². The Morgan fingerprint density at radius 1 is 1.23 bits per heavy atom. The van der Waals surface area contributed by atoms with Crippen LogP contribution in [-0.2, 0) is 11.3 Å². The van der Waals surface area contributed by atoms with E-state index in [2.05, 4.69) is 43.3 Å². The van der Waals surface area contributed by atoms with Gasteiger partial charge in [0, 0.05) is 16.7 Å². The zero-order valence-corrected chi connectivity index (χ0v) is 22.9. The topological polar surface area (TPSA) is 88.9 Å². The van der Waals surface area contributed by atoms with Crippen molar-refractivity contribution in [1.82, 2.24) is 20.1 Å². The molecule has 10 heteroatoms. The van der Waals surface area contributed by atoms with Gasteiger partial charge in [0.25, 0.3) is 5.91 Å². The van der Waals surface area contributed by atoms with Gasteiger partial charge >= 0.3 is 0 Å². The first-order chi connectivity index (χ1) is 16.7. The lowest BCUT2D eigenvalue weighted by Gasteiger charge is -2.23. The van der Waals surface area contributed by atoms with Crippen molar-refractivity contribution in [3.63, 3.8) is 0 Å². The van der Waals surface area contributed by atoms with E-state index < -0.39 is 6.04 Å². The van der Waals surface area contributed by atoms with Gasteiger partial charge in [-0.05, 0) is 48.7 Å². The summed E-state index contributed by atoms with van der Waals surface area (Å²) in [5.41, 5.74) is 2.11. The molecule has 0 saturated heterocycles. The van der Waals surface area contributed by atoms with E-state index >= 15 is 0 Å². The van der Waals surface area contributed by atoms with Gasteiger partial charge in [-0.3, -0.25) is 9.59 Å². The van der Waals surface area contributed by atoms with Crippen LogP contribution in [0.3, 0.4) is 0 Å². The number of carbonyl (C=O) groups excluding carboxylic acids is 2. The van der Waals surface area contributed by atoms with Crippen molar-refractivity contribution in [3.05, 3.63) is 81.6 Å². The van der Waals surface area contributed by atoms with Crippen molar-refractivity contribution in [2.75, 3.05) is 11.1 Å². The Labute approximate surface area is 222 Å². The Kier molecular flexibility index (Phi) is 9.54. The van der Waals surface area contributed by atoms with E-state index in [4.69, 9.17) is 11.6 Å². The molecule has 0 spiro atoms. The van der Waals surface area contributed by atoms with Crippen LogP contribution in [0.25, 0.3) is 0 Å². The van der Waals surface area contributed by atoms with E-state index in [-0.39, 0.29) is 23.5 Å². The van der Waals surface area contributed by atoms with E-state index in [1.54, 1.807) is 30.3 Å². The highest BCUT2D eigenvalue weighted by atomic mass is 79.9. The molecule has 35 heavy (non-hydrogen) atoms. The molecule has 7 nitrogen and oxygen atoms in total. The standard InChI is InChI=1S/C25H27BrClN5O2S/c1-5-12-32-23(22(15(2)3)29-24(34)18-8-6-7-9-19(18)27)30-31-25(32)35-14-21(33)28-20-11-10-17(26)13-16(20)4/h5-11,13,15,22H,1,12,14H2,2-4H3,(H,28,33)(H,29,34)/t22-/m1/s1. The third-order valence-corrected chi connectivity index (χ3v) is 6.99. The molecule has 3 aromatic rings. The highest BCUT2D eigenvalue weighted by Gasteiger charge is 2.27. The molecule has 0 bridgehead atoms. The summed E-state index contributed by atoms with van der Waals surface area (Å²) in [6, 6.07) is 12.2. The number of aryl methyl sites for hydroxylation is 1. The molecule has 3 rings (SSSR count). The number of allylic oxidation sites excluding steroid dienone is 1. The lowest BCUT2D eigenvalue weighted by atomic mass is 10.0. The number of hydrogen-bond acceptors (Lipinski definition) is 5. The molecule has 184 valence electrons. The summed E-state index contributed by atoms with van der Waals surface area (Å²) >= 11 is 10.9. The van der Waals surface area contributed by atoms with Crippen LogP contribution >= 0.6 is 39.3 Å². The molecule has 0 saturated carbocycles. The lowest BCUT2D eigenvalue weighted by Crippen LogP contribution is -2.34. The van der Waals surface area contributed by atoms with Crippen molar-refractivity contribution < 1.29 is 9.59 Å². The third kappa shape index (κ3) is 6.96. The molecule has 0 aliphatic carbocycles. The smallest absolute Gasteiger partial charge is 0.253 e. The van der Waals surface area contributed by atoms with Gasteiger partial charge in [-0.25, -0.2) is 0 Å². The highest BCUT2D eigenvalue weighted by Crippen LogP contribution is 2.27. The summed E-state index contributed by atoms with van der Waals surface area (Å²) in [7, 11) is 0. The average molecular weight is 577 g/mol. The predicted molar refractivity (Wildman–Crippen MR) is 145 cm³/mol. The van der Waals surface area contributed by atoms with Crippen LogP contribution in [0.1, 0.15) is 41.6 Å². The monoisotopic (exact) mass is 575 g/mol. The Hall–Kier alpha value is -2.62. The maximum Gasteiger partial charge on any atom is 0.253 e. The third-order valence-electron chi connectivity index (χ3n) is 5.20. The maximum atomic E-state index is 12.9. The van der Waals surface area contributed by atoms with Crippen molar-refractivity contribution >= 4 is 56.8 Å². The molecule has 1 atom stereocenters. The molecule has 0 aliphatic heterocycles. The van der Waals surface area contributed by atoms with Crippen LogP contribution in [0.2, 0.25) is 5.02 Å². The van der Waals surface area contributed by atoms with Gasteiger partial charge in [0.05, 0.1) is 22.4 Å². The number of nitrogens with zero attached hydrogens (tertiary/aromatic N) is 3. The molecule has 1 aromatic heterocycles. The number of nitrogens with one attached hydrogen (secondary N) is 2. The second-order valence-corrected chi connectivity index (χ2v) is 10.5. The lowest BCUT2D eigenvalue weighted by molar-refractivity contribution is -0.113. The molecule has 0 unspecified atom stereocenters. The van der Waals surface area contributed by atoms with Crippen molar-refractivity contribution in [3.8, 4) is 0 Å². The van der Waals surface area contributed by atoms with Gasteiger partial charge < -0.3 is 15.2 Å². The number of benzene rings is 2. The van der Waals surface area contributed by atoms with Crippen LogP contribution in [0.5, 0.6) is 0 Å².